The molecule has 8 heteroatoms. The van der Waals surface area contributed by atoms with E-state index >= 15 is 0 Å². The Labute approximate surface area is 146 Å². The molecule has 26 heavy (non-hydrogen) atoms. The minimum absolute atomic E-state index is 0.105. The van der Waals surface area contributed by atoms with Gasteiger partial charge in [0.2, 0.25) is 0 Å². The van der Waals surface area contributed by atoms with Crippen LogP contribution in [0.2, 0.25) is 0 Å². The van der Waals surface area contributed by atoms with Crippen molar-refractivity contribution in [1.29, 1.82) is 0 Å². The lowest BCUT2D eigenvalue weighted by molar-refractivity contribution is -0.275. The summed E-state index contributed by atoms with van der Waals surface area (Å²) in [5.74, 6) is -2.22. The molecular formula is C18H16F6O2. The molecule has 0 saturated heterocycles. The minimum Gasteiger partial charge on any atom is -0.403 e. The van der Waals surface area contributed by atoms with Gasteiger partial charge in [-0.25, -0.2) is 4.39 Å². The monoisotopic (exact) mass is 378 g/mol. The summed E-state index contributed by atoms with van der Waals surface area (Å²) in [6.45, 7) is 1.45. The normalized spacial score (nSPS) is 12.3. The highest BCUT2D eigenvalue weighted by Crippen LogP contribution is 2.30. The largest absolute Gasteiger partial charge is 0.573 e. The molecule has 2 rings (SSSR count). The highest BCUT2D eigenvalue weighted by atomic mass is 19.4. The van der Waals surface area contributed by atoms with Gasteiger partial charge in [-0.15, -0.1) is 13.2 Å². The summed E-state index contributed by atoms with van der Waals surface area (Å²) in [6.07, 6.45) is -7.93. The van der Waals surface area contributed by atoms with Crippen LogP contribution < -0.4 is 4.74 Å². The van der Waals surface area contributed by atoms with Crippen molar-refractivity contribution in [1.82, 2.24) is 0 Å². The Balaban J connectivity index is 1.94. The van der Waals surface area contributed by atoms with E-state index < -0.39 is 30.6 Å². The molecule has 0 unspecified atom stereocenters. The quantitative estimate of drug-likeness (QED) is 0.585. The third-order valence-corrected chi connectivity index (χ3v) is 3.59. The first kappa shape index (κ1) is 20.1. The number of halogens is 6. The first-order valence-electron chi connectivity index (χ1n) is 7.76. The van der Waals surface area contributed by atoms with Gasteiger partial charge in [0.15, 0.2) is 11.6 Å². The molecule has 142 valence electrons. The number of alkyl halides is 5. The molecule has 0 aliphatic rings. The molecule has 0 fully saturated rings. The third-order valence-electron chi connectivity index (χ3n) is 3.59. The number of aryl methyl sites for hydroxylation is 1. The summed E-state index contributed by atoms with van der Waals surface area (Å²) < 4.78 is 85.8. The maximum atomic E-state index is 14.0. The van der Waals surface area contributed by atoms with Crippen LogP contribution >= 0.6 is 0 Å². The van der Waals surface area contributed by atoms with Gasteiger partial charge in [0.05, 0.1) is 12.2 Å². The zero-order valence-corrected chi connectivity index (χ0v) is 13.7. The van der Waals surface area contributed by atoms with Crippen molar-refractivity contribution in [2.45, 2.75) is 32.2 Å². The Hall–Kier alpha value is -2.22. The van der Waals surface area contributed by atoms with Crippen molar-refractivity contribution < 1.29 is 35.8 Å². The fourth-order valence-corrected chi connectivity index (χ4v) is 2.22. The molecule has 0 atom stereocenters. The number of hydrogen-bond donors (Lipinski definition) is 0. The van der Waals surface area contributed by atoms with Crippen molar-refractivity contribution in [3.63, 3.8) is 0 Å². The Morgan fingerprint density at radius 2 is 1.50 bits per heavy atom. The molecule has 2 aromatic carbocycles. The molecule has 0 amide bonds. The molecule has 0 radical (unpaired) electrons. The Morgan fingerprint density at radius 1 is 0.885 bits per heavy atom. The molecule has 0 saturated carbocycles. The highest BCUT2D eigenvalue weighted by Gasteiger charge is 2.33. The maximum absolute atomic E-state index is 14.0. The number of benzene rings is 2. The molecule has 2 nitrogen and oxygen atoms in total. The fraction of sp³-hybridized carbons (Fsp3) is 0.333. The van der Waals surface area contributed by atoms with Gasteiger partial charge in [0.1, 0.15) is 0 Å². The van der Waals surface area contributed by atoms with Crippen LogP contribution in [0.15, 0.2) is 42.5 Å². The minimum atomic E-state index is -5.01. The van der Waals surface area contributed by atoms with Gasteiger partial charge in [0, 0.05) is 0 Å². The van der Waals surface area contributed by atoms with Gasteiger partial charge in [-0.1, -0.05) is 37.3 Å². The standard InChI is InChI=1S/C18H16F6O2/c1-2-12-3-6-14(7-4-12)17(20,21)25-10-9-13-5-8-16(15(19)11-13)26-18(22,23)24/h3-8,11H,2,9-10H2,1H3. The predicted octanol–water partition coefficient (Wildman–Crippen LogP) is 5.60. The fourth-order valence-electron chi connectivity index (χ4n) is 2.22. The van der Waals surface area contributed by atoms with Gasteiger partial charge in [-0.2, -0.15) is 8.78 Å². The molecule has 0 aliphatic carbocycles. The average Bonchev–Trinajstić information content (AvgIpc) is 2.56. The SMILES string of the molecule is CCc1ccc(C(F)(F)OCCc2ccc(OC(F)(F)F)c(F)c2)cc1. The Morgan fingerprint density at radius 3 is 2.04 bits per heavy atom. The average molecular weight is 378 g/mol. The van der Waals surface area contributed by atoms with Crippen molar-refractivity contribution in [3.8, 4) is 5.75 Å². The first-order chi connectivity index (χ1) is 12.1. The summed E-state index contributed by atoms with van der Waals surface area (Å²) in [7, 11) is 0. The lowest BCUT2D eigenvalue weighted by Crippen LogP contribution is -2.20. The van der Waals surface area contributed by atoms with Crippen LogP contribution in [0.5, 0.6) is 5.75 Å². The van der Waals surface area contributed by atoms with Crippen molar-refractivity contribution >= 4 is 0 Å². The number of hydrogen-bond acceptors (Lipinski definition) is 2. The highest BCUT2D eigenvalue weighted by molar-refractivity contribution is 5.29. The van der Waals surface area contributed by atoms with E-state index in [4.69, 9.17) is 0 Å². The summed E-state index contributed by atoms with van der Waals surface area (Å²) in [4.78, 5) is 0. The van der Waals surface area contributed by atoms with Gasteiger partial charge < -0.3 is 9.47 Å². The number of rotatable bonds is 7. The van der Waals surface area contributed by atoms with Crippen LogP contribution in [0, 0.1) is 5.82 Å². The topological polar surface area (TPSA) is 18.5 Å². The van der Waals surface area contributed by atoms with Crippen molar-refractivity contribution in [3.05, 3.63) is 65.0 Å². The third kappa shape index (κ3) is 5.66. The van der Waals surface area contributed by atoms with Crippen LogP contribution in [0.25, 0.3) is 0 Å². The van der Waals surface area contributed by atoms with E-state index in [1.54, 1.807) is 12.1 Å². The van der Waals surface area contributed by atoms with Crippen LogP contribution in [0.3, 0.4) is 0 Å². The van der Waals surface area contributed by atoms with E-state index in [-0.39, 0.29) is 17.5 Å². The first-order valence-corrected chi connectivity index (χ1v) is 7.76. The lowest BCUT2D eigenvalue weighted by Gasteiger charge is -2.17. The van der Waals surface area contributed by atoms with Gasteiger partial charge in [-0.05, 0) is 36.1 Å². The Kier molecular flexibility index (Phi) is 6.17. The van der Waals surface area contributed by atoms with E-state index in [0.717, 1.165) is 23.8 Å². The van der Waals surface area contributed by atoms with Crippen molar-refractivity contribution in [2.24, 2.45) is 0 Å². The summed E-state index contributed by atoms with van der Waals surface area (Å²) in [6, 6.07) is 8.41. The second-order valence-electron chi connectivity index (χ2n) is 5.48. The van der Waals surface area contributed by atoms with Gasteiger partial charge in [-0.3, -0.25) is 0 Å². The van der Waals surface area contributed by atoms with Crippen LogP contribution in [0.4, 0.5) is 26.3 Å². The van der Waals surface area contributed by atoms with Crippen LogP contribution in [0.1, 0.15) is 23.6 Å². The van der Waals surface area contributed by atoms with E-state index in [9.17, 15) is 26.3 Å². The molecular weight excluding hydrogens is 362 g/mol. The zero-order valence-electron chi connectivity index (χ0n) is 13.7. The van der Waals surface area contributed by atoms with E-state index in [0.29, 0.717) is 6.42 Å². The molecule has 2 aromatic rings. The van der Waals surface area contributed by atoms with Gasteiger partial charge >= 0.3 is 12.5 Å². The molecule has 0 bridgehead atoms. The second kappa shape index (κ2) is 7.99. The molecule has 0 aliphatic heterocycles. The van der Waals surface area contributed by atoms with Crippen LogP contribution in [-0.4, -0.2) is 13.0 Å². The van der Waals surface area contributed by atoms with E-state index in [2.05, 4.69) is 9.47 Å². The van der Waals surface area contributed by atoms with E-state index in [1.807, 2.05) is 6.92 Å². The predicted molar refractivity (Wildman–Crippen MR) is 82.5 cm³/mol. The number of ether oxygens (including phenoxy) is 2. The van der Waals surface area contributed by atoms with E-state index in [1.165, 1.54) is 12.1 Å². The molecule has 0 aromatic heterocycles. The summed E-state index contributed by atoms with van der Waals surface area (Å²) in [5.41, 5.74) is 0.796. The Bertz CT molecular complexity index is 725. The maximum Gasteiger partial charge on any atom is 0.573 e. The lowest BCUT2D eigenvalue weighted by atomic mass is 10.1. The van der Waals surface area contributed by atoms with Crippen LogP contribution in [-0.2, 0) is 23.7 Å². The smallest absolute Gasteiger partial charge is 0.403 e. The van der Waals surface area contributed by atoms with Gasteiger partial charge in [0.25, 0.3) is 0 Å². The van der Waals surface area contributed by atoms with Crippen molar-refractivity contribution in [2.75, 3.05) is 6.61 Å². The molecule has 0 spiro atoms. The summed E-state index contributed by atoms with van der Waals surface area (Å²) in [5, 5.41) is 0. The molecule has 0 heterocycles. The second-order valence-corrected chi connectivity index (χ2v) is 5.48. The zero-order chi connectivity index (χ0) is 19.4. The molecule has 0 N–H and O–H groups in total. The summed E-state index contributed by atoms with van der Waals surface area (Å²) >= 11 is 0.